The molecular weight excluding hydrogens is 763 g/mol. The van der Waals surface area contributed by atoms with Gasteiger partial charge in [-0.15, -0.1) is 11.3 Å². The Balaban J connectivity index is 1.29. The van der Waals surface area contributed by atoms with Crippen LogP contribution in [0.2, 0.25) is 0 Å². The number of hydrogen-bond acceptors (Lipinski definition) is 12. The topological polar surface area (TPSA) is 173 Å². The lowest BCUT2D eigenvalue weighted by Gasteiger charge is -2.64. The van der Waals surface area contributed by atoms with E-state index in [1.165, 1.54) is 7.11 Å². The number of anilines is 1. The summed E-state index contributed by atoms with van der Waals surface area (Å²) >= 11 is 1.06. The summed E-state index contributed by atoms with van der Waals surface area (Å²) in [6.07, 6.45) is 0.177. The molecule has 7 rings (SSSR count). The summed E-state index contributed by atoms with van der Waals surface area (Å²) in [6.45, 7) is 17.2. The Morgan fingerprint density at radius 3 is 2.29 bits per heavy atom. The molecule has 2 unspecified atom stereocenters. The Kier molecular flexibility index (Phi) is 12.2. The summed E-state index contributed by atoms with van der Waals surface area (Å²) in [5.74, 6) is -1.01. The molecule has 1 aromatic heterocycles. The molecule has 0 spiro atoms. The summed E-state index contributed by atoms with van der Waals surface area (Å²) in [5, 5.41) is 10.1. The smallest absolute Gasteiger partial charge is 0.482 e. The largest absolute Gasteiger partial charge is 0.496 e. The molecule has 2 heterocycles. The van der Waals surface area contributed by atoms with E-state index in [1.807, 2.05) is 30.3 Å². The van der Waals surface area contributed by atoms with Gasteiger partial charge in [0.1, 0.15) is 29.1 Å². The standard InChI is InChI=1S/C42H55BN4O10S/c1-39(2,3)54-35(49)27-18-14-17-25(33(27)52-10)19-31(43-56-30-21-26-20-29(41(26,7)8)42(30,9)57-43)45-34(48)32(46-38(51)55-40(4,5)6)28-23-58-36(44-28)47-37(50)53-22-24-15-12-11-13-16-24/h11-18,23,26,29-32H,19-22H2,1-10H3,(H,45,48)(H,46,51)(H,44,47,50)/t26-,29+,30?,31+,32?,42+/m1/s1. The molecule has 1 saturated heterocycles. The zero-order valence-corrected chi connectivity index (χ0v) is 35.7. The van der Waals surface area contributed by atoms with Crippen LogP contribution < -0.4 is 20.7 Å². The van der Waals surface area contributed by atoms with Gasteiger partial charge in [-0.2, -0.15) is 0 Å². The van der Waals surface area contributed by atoms with Gasteiger partial charge in [0.25, 0.3) is 0 Å². The van der Waals surface area contributed by atoms with Crippen molar-refractivity contribution in [2.24, 2.45) is 17.3 Å². The Morgan fingerprint density at radius 1 is 0.931 bits per heavy atom. The summed E-state index contributed by atoms with van der Waals surface area (Å²) in [6, 6.07) is 13.0. The second-order valence-electron chi connectivity index (χ2n) is 18.0. The van der Waals surface area contributed by atoms with Crippen molar-refractivity contribution in [1.82, 2.24) is 15.6 Å². The molecule has 3 N–H and O–H groups in total. The number of aromatic nitrogens is 1. The number of nitrogens with one attached hydrogen (secondary N) is 3. The quantitative estimate of drug-likeness (QED) is 0.0944. The van der Waals surface area contributed by atoms with Gasteiger partial charge in [-0.3, -0.25) is 10.1 Å². The number of ether oxygens (including phenoxy) is 4. The van der Waals surface area contributed by atoms with Crippen LogP contribution in [0.3, 0.4) is 0 Å². The van der Waals surface area contributed by atoms with Gasteiger partial charge in [0.05, 0.1) is 30.4 Å². The molecular formula is C42H55BN4O10S. The van der Waals surface area contributed by atoms with Crippen molar-refractivity contribution in [2.45, 2.75) is 123 Å². The van der Waals surface area contributed by atoms with Crippen molar-refractivity contribution in [1.29, 1.82) is 0 Å². The average molecular weight is 819 g/mol. The van der Waals surface area contributed by atoms with Crippen LogP contribution in [0, 0.1) is 17.3 Å². The van der Waals surface area contributed by atoms with Crippen molar-refractivity contribution >= 4 is 47.6 Å². The zero-order chi connectivity index (χ0) is 42.2. The molecule has 4 fully saturated rings. The molecule has 3 aliphatic carbocycles. The van der Waals surface area contributed by atoms with Crippen LogP contribution in [-0.4, -0.2) is 72.1 Å². The van der Waals surface area contributed by atoms with Gasteiger partial charge in [0.15, 0.2) is 11.2 Å². The highest BCUT2D eigenvalue weighted by Crippen LogP contribution is 2.65. The van der Waals surface area contributed by atoms with Gasteiger partial charge < -0.3 is 38.9 Å². The number of thiazole rings is 1. The maximum atomic E-state index is 14.6. The molecule has 3 saturated carbocycles. The van der Waals surface area contributed by atoms with E-state index in [2.05, 4.69) is 41.7 Å². The molecule has 2 bridgehead atoms. The van der Waals surface area contributed by atoms with E-state index in [-0.39, 0.29) is 46.9 Å². The van der Waals surface area contributed by atoms with E-state index >= 15 is 0 Å². The van der Waals surface area contributed by atoms with Crippen LogP contribution in [0.5, 0.6) is 5.75 Å². The number of carbonyl (C=O) groups excluding carboxylic acids is 4. The minimum atomic E-state index is -1.37. The molecule has 14 nitrogen and oxygen atoms in total. The fourth-order valence-electron chi connectivity index (χ4n) is 8.29. The Morgan fingerprint density at radius 2 is 1.64 bits per heavy atom. The lowest BCUT2D eigenvalue weighted by Crippen LogP contribution is -2.65. The van der Waals surface area contributed by atoms with E-state index in [9.17, 15) is 19.2 Å². The molecule has 4 aliphatic rings. The second kappa shape index (κ2) is 16.5. The zero-order valence-electron chi connectivity index (χ0n) is 34.9. The Bertz CT molecular complexity index is 2000. The number of methoxy groups -OCH3 is 1. The van der Waals surface area contributed by atoms with Crippen molar-refractivity contribution in [3.63, 3.8) is 0 Å². The number of para-hydroxylation sites is 1. The fourth-order valence-corrected chi connectivity index (χ4v) is 9.01. The third-order valence-electron chi connectivity index (χ3n) is 11.1. The average Bonchev–Trinajstić information content (AvgIpc) is 3.75. The maximum Gasteiger partial charge on any atom is 0.482 e. The number of carbonyl (C=O) groups is 4. The van der Waals surface area contributed by atoms with Gasteiger partial charge in [-0.25, -0.2) is 19.4 Å². The van der Waals surface area contributed by atoms with Crippen LogP contribution in [0.1, 0.15) is 108 Å². The highest BCUT2D eigenvalue weighted by atomic mass is 32.1. The molecule has 1 aliphatic heterocycles. The van der Waals surface area contributed by atoms with Crippen molar-refractivity contribution in [3.8, 4) is 5.75 Å². The number of esters is 1. The molecule has 58 heavy (non-hydrogen) atoms. The molecule has 2 aromatic carbocycles. The van der Waals surface area contributed by atoms with Crippen LogP contribution in [0.4, 0.5) is 14.7 Å². The van der Waals surface area contributed by atoms with Crippen molar-refractivity contribution in [2.75, 3.05) is 12.4 Å². The molecule has 3 aromatic rings. The SMILES string of the molecule is COc1c(C[C@H](NC(=O)C(NC(=O)OC(C)(C)C)c2csc(NC(=O)OCc3ccccc3)n2)B2OC3C[C@H]4C[C@@H](C4(C)C)[C@]3(C)O2)cccc1C(=O)OC(C)(C)C. The minimum absolute atomic E-state index is 0.0487. The first-order valence-corrected chi connectivity index (χ1v) is 20.5. The van der Waals surface area contributed by atoms with E-state index in [4.69, 9.17) is 28.3 Å². The van der Waals surface area contributed by atoms with Gasteiger partial charge in [-0.1, -0.05) is 56.3 Å². The monoisotopic (exact) mass is 818 g/mol. The first kappa shape index (κ1) is 42.9. The summed E-state index contributed by atoms with van der Waals surface area (Å²) in [5.41, 5.74) is -0.372. The number of nitrogens with zero attached hydrogens (tertiary/aromatic N) is 1. The number of amides is 3. The maximum absolute atomic E-state index is 14.6. The number of benzene rings is 2. The van der Waals surface area contributed by atoms with Crippen LogP contribution in [0.25, 0.3) is 0 Å². The molecule has 16 heteroatoms. The van der Waals surface area contributed by atoms with Gasteiger partial charge in [0, 0.05) is 5.38 Å². The van der Waals surface area contributed by atoms with E-state index in [0.29, 0.717) is 17.2 Å². The third-order valence-corrected chi connectivity index (χ3v) is 11.9. The minimum Gasteiger partial charge on any atom is -0.496 e. The first-order chi connectivity index (χ1) is 27.2. The van der Waals surface area contributed by atoms with E-state index in [1.54, 1.807) is 65.1 Å². The molecule has 312 valence electrons. The number of alkyl carbamates (subject to hydrolysis) is 1. The van der Waals surface area contributed by atoms with Crippen LogP contribution in [0.15, 0.2) is 53.9 Å². The molecule has 0 radical (unpaired) electrons. The highest BCUT2D eigenvalue weighted by molar-refractivity contribution is 7.13. The summed E-state index contributed by atoms with van der Waals surface area (Å²) < 4.78 is 36.0. The Labute approximate surface area is 344 Å². The number of hydrogen-bond donors (Lipinski definition) is 3. The Hall–Kier alpha value is -4.67. The number of rotatable bonds is 12. The first-order valence-electron chi connectivity index (χ1n) is 19.6. The lowest BCUT2D eigenvalue weighted by atomic mass is 9.43. The van der Waals surface area contributed by atoms with Crippen molar-refractivity contribution in [3.05, 3.63) is 76.3 Å². The fraction of sp³-hybridized carbons (Fsp3) is 0.548. The predicted molar refractivity (Wildman–Crippen MR) is 218 cm³/mol. The van der Waals surface area contributed by atoms with Crippen LogP contribution >= 0.6 is 11.3 Å². The third kappa shape index (κ3) is 9.61. The molecule has 6 atom stereocenters. The highest BCUT2D eigenvalue weighted by Gasteiger charge is 2.68. The van der Waals surface area contributed by atoms with E-state index < -0.39 is 60.0 Å². The predicted octanol–water partition coefficient (Wildman–Crippen LogP) is 7.42. The summed E-state index contributed by atoms with van der Waals surface area (Å²) in [7, 11) is 0.568. The van der Waals surface area contributed by atoms with E-state index in [0.717, 1.165) is 29.7 Å². The summed E-state index contributed by atoms with van der Waals surface area (Å²) in [4.78, 5) is 58.4. The lowest BCUT2D eigenvalue weighted by molar-refractivity contribution is -0.199. The molecule has 3 amide bonds. The normalized spacial score (nSPS) is 23.0. The second-order valence-corrected chi connectivity index (χ2v) is 18.9. The van der Waals surface area contributed by atoms with Gasteiger partial charge >= 0.3 is 25.3 Å². The van der Waals surface area contributed by atoms with Crippen molar-refractivity contribution < 1.29 is 47.4 Å². The van der Waals surface area contributed by atoms with Gasteiger partial charge in [-0.05, 0) is 102 Å². The van der Waals surface area contributed by atoms with Gasteiger partial charge in [0.2, 0.25) is 5.91 Å². The van der Waals surface area contributed by atoms with Crippen LogP contribution in [-0.2, 0) is 41.3 Å².